The minimum atomic E-state index is -0.404. The van der Waals surface area contributed by atoms with Crippen molar-refractivity contribution < 1.29 is 18.8 Å². The second-order valence-electron chi connectivity index (χ2n) is 7.04. The summed E-state index contributed by atoms with van der Waals surface area (Å²) in [5.74, 6) is -1.22. The van der Waals surface area contributed by atoms with E-state index in [0.29, 0.717) is 22.5 Å². The second-order valence-corrected chi connectivity index (χ2v) is 7.04. The SMILES string of the molecule is CC(=O)Nc1cccc(C(=O)NC(C)c2ccc(NC(=O)c3ccc(F)cc3)cc2)c1. The van der Waals surface area contributed by atoms with Crippen molar-refractivity contribution in [1.29, 1.82) is 0 Å². The Hall–Kier alpha value is -4.00. The van der Waals surface area contributed by atoms with Crippen LogP contribution in [0.15, 0.2) is 72.8 Å². The minimum Gasteiger partial charge on any atom is -0.346 e. The first kappa shape index (κ1) is 21.7. The second kappa shape index (κ2) is 9.67. The van der Waals surface area contributed by atoms with E-state index >= 15 is 0 Å². The molecule has 0 spiro atoms. The Morgan fingerprint density at radius 2 is 1.45 bits per heavy atom. The van der Waals surface area contributed by atoms with Crippen LogP contribution in [0.3, 0.4) is 0 Å². The van der Waals surface area contributed by atoms with Gasteiger partial charge in [0.15, 0.2) is 0 Å². The molecule has 0 bridgehead atoms. The highest BCUT2D eigenvalue weighted by molar-refractivity contribution is 6.04. The molecule has 3 amide bonds. The topological polar surface area (TPSA) is 87.3 Å². The van der Waals surface area contributed by atoms with Crippen molar-refractivity contribution in [3.05, 3.63) is 95.3 Å². The molecule has 7 heteroatoms. The quantitative estimate of drug-likeness (QED) is 0.549. The zero-order valence-corrected chi connectivity index (χ0v) is 17.1. The Morgan fingerprint density at radius 1 is 0.774 bits per heavy atom. The molecule has 0 saturated carbocycles. The molecule has 1 atom stereocenters. The summed E-state index contributed by atoms with van der Waals surface area (Å²) in [5, 5.41) is 8.31. The standard InChI is InChI=1S/C24H22FN3O3/c1-15(26-24(31)19-4-3-5-22(14-19)27-16(2)29)17-8-12-21(13-9-17)28-23(30)18-6-10-20(25)11-7-18/h3-15H,1-2H3,(H,26,31)(H,27,29)(H,28,30). The summed E-state index contributed by atoms with van der Waals surface area (Å²) in [6.45, 7) is 3.25. The van der Waals surface area contributed by atoms with Gasteiger partial charge in [0.2, 0.25) is 5.91 Å². The van der Waals surface area contributed by atoms with Crippen molar-refractivity contribution in [3.8, 4) is 0 Å². The summed E-state index contributed by atoms with van der Waals surface area (Å²) in [6.07, 6.45) is 0. The first-order chi connectivity index (χ1) is 14.8. The molecule has 3 rings (SSSR count). The molecule has 0 aliphatic heterocycles. The van der Waals surface area contributed by atoms with Crippen LogP contribution in [0.25, 0.3) is 0 Å². The van der Waals surface area contributed by atoms with E-state index in [1.165, 1.54) is 31.2 Å². The van der Waals surface area contributed by atoms with Crippen LogP contribution in [-0.4, -0.2) is 17.7 Å². The molecule has 0 heterocycles. The van der Waals surface area contributed by atoms with Gasteiger partial charge in [-0.25, -0.2) is 4.39 Å². The van der Waals surface area contributed by atoms with Gasteiger partial charge in [-0.1, -0.05) is 18.2 Å². The first-order valence-electron chi connectivity index (χ1n) is 9.67. The molecule has 158 valence electrons. The normalized spacial score (nSPS) is 11.3. The van der Waals surface area contributed by atoms with Crippen LogP contribution in [-0.2, 0) is 4.79 Å². The Morgan fingerprint density at radius 3 is 2.10 bits per heavy atom. The van der Waals surface area contributed by atoms with Crippen LogP contribution in [0, 0.1) is 5.82 Å². The van der Waals surface area contributed by atoms with Gasteiger partial charge in [-0.2, -0.15) is 0 Å². The van der Waals surface area contributed by atoms with Gasteiger partial charge >= 0.3 is 0 Å². The summed E-state index contributed by atoms with van der Waals surface area (Å²) in [5.41, 5.74) is 2.77. The average Bonchev–Trinajstić information content (AvgIpc) is 2.74. The van der Waals surface area contributed by atoms with E-state index in [9.17, 15) is 18.8 Å². The van der Waals surface area contributed by atoms with Crippen molar-refractivity contribution in [2.45, 2.75) is 19.9 Å². The number of carbonyl (C=O) groups excluding carboxylic acids is 3. The third kappa shape index (κ3) is 5.99. The third-order valence-electron chi connectivity index (χ3n) is 4.57. The molecular weight excluding hydrogens is 397 g/mol. The van der Waals surface area contributed by atoms with E-state index in [-0.39, 0.29) is 23.8 Å². The van der Waals surface area contributed by atoms with Crippen LogP contribution in [0.5, 0.6) is 0 Å². The third-order valence-corrected chi connectivity index (χ3v) is 4.57. The maximum Gasteiger partial charge on any atom is 0.255 e. The number of carbonyl (C=O) groups is 3. The van der Waals surface area contributed by atoms with Gasteiger partial charge in [0.25, 0.3) is 11.8 Å². The largest absolute Gasteiger partial charge is 0.346 e. The molecule has 0 aliphatic rings. The molecule has 31 heavy (non-hydrogen) atoms. The van der Waals surface area contributed by atoms with Crippen molar-refractivity contribution in [2.75, 3.05) is 10.6 Å². The van der Waals surface area contributed by atoms with E-state index in [4.69, 9.17) is 0 Å². The first-order valence-corrected chi connectivity index (χ1v) is 9.67. The summed E-state index contributed by atoms with van der Waals surface area (Å²) >= 11 is 0. The monoisotopic (exact) mass is 419 g/mol. The lowest BCUT2D eigenvalue weighted by atomic mass is 10.1. The molecule has 0 fully saturated rings. The number of amides is 3. The zero-order valence-electron chi connectivity index (χ0n) is 17.1. The van der Waals surface area contributed by atoms with E-state index < -0.39 is 5.82 Å². The minimum absolute atomic E-state index is 0.211. The fraction of sp³-hybridized carbons (Fsp3) is 0.125. The van der Waals surface area contributed by atoms with Crippen LogP contribution in [0.1, 0.15) is 46.2 Å². The van der Waals surface area contributed by atoms with Gasteiger partial charge in [-0.05, 0) is 67.1 Å². The smallest absolute Gasteiger partial charge is 0.255 e. The van der Waals surface area contributed by atoms with Gasteiger partial charge in [-0.3, -0.25) is 14.4 Å². The highest BCUT2D eigenvalue weighted by Crippen LogP contribution is 2.18. The van der Waals surface area contributed by atoms with Gasteiger partial charge < -0.3 is 16.0 Å². The van der Waals surface area contributed by atoms with E-state index in [1.807, 2.05) is 6.92 Å². The predicted molar refractivity (Wildman–Crippen MR) is 117 cm³/mol. The molecule has 1 unspecified atom stereocenters. The highest BCUT2D eigenvalue weighted by Gasteiger charge is 2.13. The Balaban J connectivity index is 1.61. The zero-order chi connectivity index (χ0) is 22.4. The molecule has 6 nitrogen and oxygen atoms in total. The fourth-order valence-electron chi connectivity index (χ4n) is 2.96. The Kier molecular flexibility index (Phi) is 6.77. The molecule has 3 aromatic rings. The van der Waals surface area contributed by atoms with E-state index in [1.54, 1.807) is 48.5 Å². The Labute approximate surface area is 179 Å². The number of anilines is 2. The van der Waals surface area contributed by atoms with E-state index in [0.717, 1.165) is 5.56 Å². The van der Waals surface area contributed by atoms with Gasteiger partial charge in [-0.15, -0.1) is 0 Å². The fourth-order valence-corrected chi connectivity index (χ4v) is 2.96. The maximum absolute atomic E-state index is 13.0. The van der Waals surface area contributed by atoms with Crippen molar-refractivity contribution in [3.63, 3.8) is 0 Å². The number of halogens is 1. The lowest BCUT2D eigenvalue weighted by Crippen LogP contribution is -2.26. The maximum atomic E-state index is 13.0. The lowest BCUT2D eigenvalue weighted by Gasteiger charge is -2.15. The number of hydrogen-bond donors (Lipinski definition) is 3. The van der Waals surface area contributed by atoms with Gasteiger partial charge in [0, 0.05) is 29.4 Å². The van der Waals surface area contributed by atoms with Gasteiger partial charge in [0.05, 0.1) is 6.04 Å². The number of nitrogens with one attached hydrogen (secondary N) is 3. The van der Waals surface area contributed by atoms with E-state index in [2.05, 4.69) is 16.0 Å². The molecule has 0 aromatic heterocycles. The van der Waals surface area contributed by atoms with Crippen molar-refractivity contribution in [1.82, 2.24) is 5.32 Å². The van der Waals surface area contributed by atoms with Crippen LogP contribution < -0.4 is 16.0 Å². The number of hydrogen-bond acceptors (Lipinski definition) is 3. The summed E-state index contributed by atoms with van der Waals surface area (Å²) in [4.78, 5) is 36.0. The lowest BCUT2D eigenvalue weighted by molar-refractivity contribution is -0.114. The number of benzene rings is 3. The molecule has 3 aromatic carbocycles. The van der Waals surface area contributed by atoms with Crippen LogP contribution in [0.2, 0.25) is 0 Å². The molecular formula is C24H22FN3O3. The highest BCUT2D eigenvalue weighted by atomic mass is 19.1. The van der Waals surface area contributed by atoms with Gasteiger partial charge in [0.1, 0.15) is 5.82 Å². The van der Waals surface area contributed by atoms with Crippen molar-refractivity contribution in [2.24, 2.45) is 0 Å². The number of rotatable bonds is 6. The van der Waals surface area contributed by atoms with Crippen LogP contribution in [0.4, 0.5) is 15.8 Å². The average molecular weight is 419 g/mol. The molecule has 0 saturated heterocycles. The summed E-state index contributed by atoms with van der Waals surface area (Å²) in [6, 6.07) is 18.8. The van der Waals surface area contributed by atoms with Crippen molar-refractivity contribution >= 4 is 29.1 Å². The molecule has 0 radical (unpaired) electrons. The Bertz CT molecular complexity index is 1100. The predicted octanol–water partition coefficient (Wildman–Crippen LogP) is 4.53. The molecule has 0 aliphatic carbocycles. The summed E-state index contributed by atoms with van der Waals surface area (Å²) < 4.78 is 13.0. The summed E-state index contributed by atoms with van der Waals surface area (Å²) in [7, 11) is 0. The van der Waals surface area contributed by atoms with Crippen LogP contribution >= 0.6 is 0 Å². The molecule has 3 N–H and O–H groups in total.